The van der Waals surface area contributed by atoms with Crippen LogP contribution in [0.25, 0.3) is 10.5 Å². The van der Waals surface area contributed by atoms with Gasteiger partial charge in [0.05, 0.1) is 11.3 Å². The highest BCUT2D eigenvalue weighted by molar-refractivity contribution is 7.15. The number of halogens is 1. The molecule has 4 aromatic rings. The van der Waals surface area contributed by atoms with Crippen molar-refractivity contribution < 1.29 is 9.59 Å². The molecule has 5 rings (SSSR count). The molecule has 0 saturated carbocycles. The molecule has 0 fully saturated rings. The average molecular weight is 480 g/mol. The summed E-state index contributed by atoms with van der Waals surface area (Å²) in [5.41, 5.74) is 0.715. The normalized spacial score (nSPS) is 14.6. The summed E-state index contributed by atoms with van der Waals surface area (Å²) in [5, 5.41) is 7.26. The molecular weight excluding hydrogens is 466 g/mol. The minimum Gasteiger partial charge on any atom is -0.325 e. The summed E-state index contributed by atoms with van der Waals surface area (Å²) < 4.78 is 1.13. The van der Waals surface area contributed by atoms with Gasteiger partial charge in [-0.2, -0.15) is 14.6 Å². The second-order valence-electron chi connectivity index (χ2n) is 7.27. The molecule has 0 atom stereocenters. The summed E-state index contributed by atoms with van der Waals surface area (Å²) in [4.78, 5) is 56.3. The number of para-hydroxylation sites is 1. The predicted molar refractivity (Wildman–Crippen MR) is 125 cm³/mol. The lowest BCUT2D eigenvalue weighted by molar-refractivity contribution is -0.118. The number of hydrogen-bond donors (Lipinski definition) is 1. The SMILES string of the molecule is Cc1nn2c(=O)/c(=C3/C(=O)N(CC(=O)Nc4ccc(Cl)cc4)c4ccccc43)sc2nc1=O. The van der Waals surface area contributed by atoms with Gasteiger partial charge in [-0.15, -0.1) is 0 Å². The Kier molecular flexibility index (Phi) is 5.03. The lowest BCUT2D eigenvalue weighted by atomic mass is 10.1. The summed E-state index contributed by atoms with van der Waals surface area (Å²) >= 11 is 6.79. The van der Waals surface area contributed by atoms with Crippen molar-refractivity contribution in [2.75, 3.05) is 16.8 Å². The second-order valence-corrected chi connectivity index (χ2v) is 8.69. The number of hydrogen-bond acceptors (Lipinski definition) is 7. The number of carbonyl (C=O) groups excluding carboxylic acids is 2. The quantitative estimate of drug-likeness (QED) is 0.475. The van der Waals surface area contributed by atoms with Crippen molar-refractivity contribution in [3.05, 3.63) is 90.1 Å². The molecule has 1 N–H and O–H groups in total. The number of fused-ring (bicyclic) bond motifs is 2. The van der Waals surface area contributed by atoms with Gasteiger partial charge in [0.2, 0.25) is 10.9 Å². The molecule has 2 amide bonds. The number of nitrogens with zero attached hydrogens (tertiary/aromatic N) is 4. The van der Waals surface area contributed by atoms with Gasteiger partial charge in [0.1, 0.15) is 16.8 Å². The highest BCUT2D eigenvalue weighted by Gasteiger charge is 2.35. The smallest absolute Gasteiger partial charge is 0.295 e. The van der Waals surface area contributed by atoms with Crippen LogP contribution in [0.5, 0.6) is 0 Å². The Morgan fingerprint density at radius 1 is 1.09 bits per heavy atom. The molecule has 3 heterocycles. The molecule has 9 nitrogen and oxygen atoms in total. The third kappa shape index (κ3) is 3.59. The maximum atomic E-state index is 13.4. The van der Waals surface area contributed by atoms with E-state index in [1.807, 2.05) is 0 Å². The Hall–Kier alpha value is -3.89. The van der Waals surface area contributed by atoms with E-state index in [1.54, 1.807) is 48.5 Å². The third-order valence-electron chi connectivity index (χ3n) is 5.10. The number of amides is 2. The van der Waals surface area contributed by atoms with Crippen LogP contribution in [0.15, 0.2) is 58.1 Å². The van der Waals surface area contributed by atoms with Crippen molar-refractivity contribution in [3.63, 3.8) is 0 Å². The first-order valence-electron chi connectivity index (χ1n) is 9.75. The first-order chi connectivity index (χ1) is 15.8. The van der Waals surface area contributed by atoms with Gasteiger partial charge in [0.25, 0.3) is 17.0 Å². The Bertz CT molecular complexity index is 1630. The van der Waals surface area contributed by atoms with Crippen molar-refractivity contribution in [2.24, 2.45) is 0 Å². The van der Waals surface area contributed by atoms with E-state index in [0.29, 0.717) is 22.0 Å². The van der Waals surface area contributed by atoms with Gasteiger partial charge in [-0.25, -0.2) is 0 Å². The molecule has 1 aliphatic rings. The minimum atomic E-state index is -0.545. The molecule has 0 radical (unpaired) electrons. The fourth-order valence-electron chi connectivity index (χ4n) is 3.57. The number of aromatic nitrogens is 3. The molecule has 11 heteroatoms. The van der Waals surface area contributed by atoms with Crippen LogP contribution in [0.2, 0.25) is 5.02 Å². The van der Waals surface area contributed by atoms with E-state index in [4.69, 9.17) is 11.6 Å². The van der Waals surface area contributed by atoms with Gasteiger partial charge in [-0.3, -0.25) is 24.1 Å². The number of thiazole rings is 1. The van der Waals surface area contributed by atoms with Gasteiger partial charge in [-0.1, -0.05) is 41.1 Å². The fraction of sp³-hybridized carbons (Fsp3) is 0.0909. The van der Waals surface area contributed by atoms with Crippen molar-refractivity contribution in [1.29, 1.82) is 0 Å². The Morgan fingerprint density at radius 3 is 2.58 bits per heavy atom. The summed E-state index contributed by atoms with van der Waals surface area (Å²) in [6.45, 7) is 1.21. The van der Waals surface area contributed by atoms with E-state index in [2.05, 4.69) is 15.4 Å². The van der Waals surface area contributed by atoms with Crippen LogP contribution >= 0.6 is 22.9 Å². The number of nitrogens with one attached hydrogen (secondary N) is 1. The maximum absolute atomic E-state index is 13.4. The summed E-state index contributed by atoms with van der Waals surface area (Å²) in [6.07, 6.45) is 0. The number of anilines is 2. The number of rotatable bonds is 3. The summed E-state index contributed by atoms with van der Waals surface area (Å²) in [6, 6.07) is 13.5. The van der Waals surface area contributed by atoms with Crippen molar-refractivity contribution in [2.45, 2.75) is 6.92 Å². The van der Waals surface area contributed by atoms with E-state index >= 15 is 0 Å². The number of aryl methyl sites for hydroxylation is 1. The molecule has 164 valence electrons. The van der Waals surface area contributed by atoms with Gasteiger partial charge in [-0.05, 0) is 37.3 Å². The van der Waals surface area contributed by atoms with Crippen molar-refractivity contribution >= 4 is 56.7 Å². The molecule has 0 spiro atoms. The average Bonchev–Trinajstić information content (AvgIpc) is 3.24. The van der Waals surface area contributed by atoms with Crippen LogP contribution in [-0.2, 0) is 9.59 Å². The van der Waals surface area contributed by atoms with E-state index in [0.717, 1.165) is 15.9 Å². The molecule has 0 aliphatic carbocycles. The van der Waals surface area contributed by atoms with Gasteiger partial charge in [0.15, 0.2) is 0 Å². The van der Waals surface area contributed by atoms with Gasteiger partial charge in [0, 0.05) is 16.3 Å². The van der Waals surface area contributed by atoms with E-state index in [1.165, 1.54) is 11.8 Å². The van der Waals surface area contributed by atoms with Crippen LogP contribution in [0.3, 0.4) is 0 Å². The Morgan fingerprint density at radius 2 is 1.82 bits per heavy atom. The topological polar surface area (TPSA) is 114 Å². The van der Waals surface area contributed by atoms with Crippen LogP contribution in [0.1, 0.15) is 11.3 Å². The molecule has 0 saturated heterocycles. The minimum absolute atomic E-state index is 0.0811. The summed E-state index contributed by atoms with van der Waals surface area (Å²) in [5.74, 6) is -0.907. The van der Waals surface area contributed by atoms with Crippen LogP contribution < -0.4 is 25.9 Å². The highest BCUT2D eigenvalue weighted by atomic mass is 35.5. The molecule has 2 aromatic carbocycles. The first kappa shape index (κ1) is 21.0. The van der Waals surface area contributed by atoms with Crippen LogP contribution in [0, 0.1) is 6.92 Å². The number of carbonyl (C=O) groups is 2. The largest absolute Gasteiger partial charge is 0.325 e. The molecule has 33 heavy (non-hydrogen) atoms. The Balaban J connectivity index is 1.59. The van der Waals surface area contributed by atoms with Crippen LogP contribution in [-0.4, -0.2) is 33.0 Å². The van der Waals surface area contributed by atoms with Gasteiger partial charge < -0.3 is 5.32 Å². The molecular formula is C22H14ClN5O4S. The fourth-order valence-corrected chi connectivity index (χ4v) is 4.69. The monoisotopic (exact) mass is 479 g/mol. The zero-order valence-corrected chi connectivity index (χ0v) is 18.6. The summed E-state index contributed by atoms with van der Waals surface area (Å²) in [7, 11) is 0. The van der Waals surface area contributed by atoms with E-state index in [9.17, 15) is 19.2 Å². The standard InChI is InChI=1S/C22H14ClN5O4S/c1-11-19(30)25-22-28(26-11)21(32)18(33-22)17-14-4-2-3-5-15(14)27(20(17)31)10-16(29)24-13-8-6-12(23)7-9-13/h2-9H,10H2,1H3,(H,24,29)/b18-17-. The lowest BCUT2D eigenvalue weighted by Crippen LogP contribution is -2.37. The van der Waals surface area contributed by atoms with E-state index in [-0.39, 0.29) is 27.3 Å². The molecule has 2 aromatic heterocycles. The van der Waals surface area contributed by atoms with Crippen LogP contribution in [0.4, 0.5) is 11.4 Å². The zero-order valence-electron chi connectivity index (χ0n) is 17.0. The maximum Gasteiger partial charge on any atom is 0.295 e. The lowest BCUT2D eigenvalue weighted by Gasteiger charge is -2.16. The zero-order chi connectivity index (χ0) is 23.3. The molecule has 1 aliphatic heterocycles. The predicted octanol–water partition coefficient (Wildman–Crippen LogP) is 1.38. The Labute approximate surface area is 194 Å². The third-order valence-corrected chi connectivity index (χ3v) is 6.38. The second kappa shape index (κ2) is 7.91. The highest BCUT2D eigenvalue weighted by Crippen LogP contribution is 2.35. The van der Waals surface area contributed by atoms with Crippen molar-refractivity contribution in [3.8, 4) is 0 Å². The first-order valence-corrected chi connectivity index (χ1v) is 10.9. The number of benzene rings is 2. The van der Waals surface area contributed by atoms with Crippen molar-refractivity contribution in [1.82, 2.24) is 14.6 Å². The van der Waals surface area contributed by atoms with Gasteiger partial charge >= 0.3 is 0 Å². The molecule has 0 bridgehead atoms. The molecule has 0 unspecified atom stereocenters. The van der Waals surface area contributed by atoms with E-state index < -0.39 is 22.9 Å².